The lowest BCUT2D eigenvalue weighted by Crippen LogP contribution is -2.43. The summed E-state index contributed by atoms with van der Waals surface area (Å²) in [4.78, 5) is 26.8. The fourth-order valence-electron chi connectivity index (χ4n) is 2.90. The predicted molar refractivity (Wildman–Crippen MR) is 103 cm³/mol. The predicted octanol–water partition coefficient (Wildman–Crippen LogP) is 3.45. The minimum absolute atomic E-state index is 0.00423. The summed E-state index contributed by atoms with van der Waals surface area (Å²) < 4.78 is 6.13. The maximum absolute atomic E-state index is 12.3. The van der Waals surface area contributed by atoms with Crippen LogP contribution in [0.5, 0.6) is 5.75 Å². The van der Waals surface area contributed by atoms with Crippen molar-refractivity contribution in [2.75, 3.05) is 26.2 Å². The van der Waals surface area contributed by atoms with E-state index in [0.717, 1.165) is 12.8 Å². The van der Waals surface area contributed by atoms with E-state index in [1.165, 1.54) is 11.3 Å². The Kier molecular flexibility index (Phi) is 6.52. The van der Waals surface area contributed by atoms with Crippen molar-refractivity contribution >= 4 is 34.8 Å². The van der Waals surface area contributed by atoms with E-state index in [0.29, 0.717) is 40.5 Å². The minimum Gasteiger partial charge on any atom is -0.484 e. The lowest BCUT2D eigenvalue weighted by Gasteiger charge is -2.32. The number of amides is 2. The molecule has 7 heteroatoms. The zero-order valence-corrected chi connectivity index (χ0v) is 15.9. The molecule has 0 radical (unpaired) electrons. The molecule has 0 spiro atoms. The van der Waals surface area contributed by atoms with Gasteiger partial charge in [-0.2, -0.15) is 0 Å². The van der Waals surface area contributed by atoms with E-state index in [9.17, 15) is 9.59 Å². The van der Waals surface area contributed by atoms with Crippen LogP contribution >= 0.6 is 22.9 Å². The number of carbonyl (C=O) groups is 2. The molecule has 26 heavy (non-hydrogen) atoms. The van der Waals surface area contributed by atoms with Gasteiger partial charge in [0.15, 0.2) is 6.61 Å². The number of thiophene rings is 1. The van der Waals surface area contributed by atoms with Gasteiger partial charge in [-0.25, -0.2) is 0 Å². The number of nitrogens with zero attached hydrogens (tertiary/aromatic N) is 1. The molecule has 0 bridgehead atoms. The molecular formula is C19H21ClN2O3S. The molecule has 1 N–H and O–H groups in total. The molecular weight excluding hydrogens is 372 g/mol. The molecule has 2 amide bonds. The monoisotopic (exact) mass is 392 g/mol. The summed E-state index contributed by atoms with van der Waals surface area (Å²) >= 11 is 7.13. The number of hydrogen-bond acceptors (Lipinski definition) is 4. The maximum atomic E-state index is 12.3. The van der Waals surface area contributed by atoms with Crippen LogP contribution in [0, 0.1) is 5.92 Å². The Morgan fingerprint density at radius 2 is 1.88 bits per heavy atom. The second kappa shape index (κ2) is 9.05. The number of piperidine rings is 1. The Balaban J connectivity index is 1.37. The summed E-state index contributed by atoms with van der Waals surface area (Å²) in [5.74, 6) is 1.00. The van der Waals surface area contributed by atoms with Crippen molar-refractivity contribution in [3.8, 4) is 5.75 Å². The first kappa shape index (κ1) is 18.7. The van der Waals surface area contributed by atoms with Crippen molar-refractivity contribution in [1.82, 2.24) is 10.2 Å². The summed E-state index contributed by atoms with van der Waals surface area (Å²) in [5.41, 5.74) is 0. The van der Waals surface area contributed by atoms with E-state index >= 15 is 0 Å². The van der Waals surface area contributed by atoms with E-state index < -0.39 is 0 Å². The molecule has 1 aliphatic rings. The number of ether oxygens (including phenoxy) is 1. The molecule has 1 aromatic heterocycles. The van der Waals surface area contributed by atoms with Crippen LogP contribution in [-0.2, 0) is 4.79 Å². The van der Waals surface area contributed by atoms with Crippen LogP contribution in [-0.4, -0.2) is 43.0 Å². The first-order valence-corrected chi connectivity index (χ1v) is 9.80. The van der Waals surface area contributed by atoms with Crippen LogP contribution in [0.15, 0.2) is 42.5 Å². The van der Waals surface area contributed by atoms with Crippen LogP contribution in [0.4, 0.5) is 0 Å². The van der Waals surface area contributed by atoms with Gasteiger partial charge in [-0.3, -0.25) is 9.59 Å². The first-order valence-electron chi connectivity index (χ1n) is 8.61. The molecule has 1 fully saturated rings. The van der Waals surface area contributed by atoms with Crippen molar-refractivity contribution < 1.29 is 14.3 Å². The maximum Gasteiger partial charge on any atom is 0.261 e. The van der Waals surface area contributed by atoms with Crippen molar-refractivity contribution in [3.05, 3.63) is 51.7 Å². The normalized spacial score (nSPS) is 14.9. The SMILES string of the molecule is O=C(NCC1CCN(C(=O)COc2ccccc2)CC1)c1ccc(Cl)s1. The number of carbonyl (C=O) groups excluding carboxylic acids is 2. The zero-order valence-electron chi connectivity index (χ0n) is 14.3. The van der Waals surface area contributed by atoms with Crippen LogP contribution < -0.4 is 10.1 Å². The summed E-state index contributed by atoms with van der Waals surface area (Å²) in [6.07, 6.45) is 1.76. The number of likely N-dealkylation sites (tertiary alicyclic amines) is 1. The second-order valence-electron chi connectivity index (χ2n) is 6.24. The number of hydrogen-bond donors (Lipinski definition) is 1. The van der Waals surface area contributed by atoms with Gasteiger partial charge in [-0.05, 0) is 43.0 Å². The molecule has 0 atom stereocenters. The number of halogens is 1. The zero-order chi connectivity index (χ0) is 18.4. The van der Waals surface area contributed by atoms with Gasteiger partial charge in [0.1, 0.15) is 5.75 Å². The van der Waals surface area contributed by atoms with Gasteiger partial charge in [0.25, 0.3) is 11.8 Å². The third-order valence-corrected chi connectivity index (χ3v) is 5.65. The van der Waals surface area contributed by atoms with Crippen LogP contribution in [0.1, 0.15) is 22.5 Å². The molecule has 3 rings (SSSR count). The molecule has 1 saturated heterocycles. The molecule has 2 heterocycles. The summed E-state index contributed by atoms with van der Waals surface area (Å²) in [7, 11) is 0. The molecule has 0 aliphatic carbocycles. The van der Waals surface area contributed by atoms with E-state index in [2.05, 4.69) is 5.32 Å². The Morgan fingerprint density at radius 3 is 2.54 bits per heavy atom. The van der Waals surface area contributed by atoms with Gasteiger partial charge in [-0.1, -0.05) is 29.8 Å². The second-order valence-corrected chi connectivity index (χ2v) is 7.95. The minimum atomic E-state index is -0.0864. The Bertz CT molecular complexity index is 742. The number of nitrogens with one attached hydrogen (secondary N) is 1. The molecule has 5 nitrogen and oxygen atoms in total. The number of para-hydroxylation sites is 1. The van der Waals surface area contributed by atoms with Gasteiger partial charge in [0.05, 0.1) is 9.21 Å². The van der Waals surface area contributed by atoms with E-state index in [1.54, 1.807) is 12.1 Å². The topological polar surface area (TPSA) is 58.6 Å². The Morgan fingerprint density at radius 1 is 1.15 bits per heavy atom. The van der Waals surface area contributed by atoms with E-state index in [4.69, 9.17) is 16.3 Å². The summed E-state index contributed by atoms with van der Waals surface area (Å²) in [5, 5.41) is 2.96. The van der Waals surface area contributed by atoms with Crippen molar-refractivity contribution in [3.63, 3.8) is 0 Å². The van der Waals surface area contributed by atoms with Gasteiger partial charge < -0.3 is 15.0 Å². The van der Waals surface area contributed by atoms with Gasteiger partial charge in [0.2, 0.25) is 0 Å². The fraction of sp³-hybridized carbons (Fsp3) is 0.368. The molecule has 138 valence electrons. The lowest BCUT2D eigenvalue weighted by atomic mass is 9.96. The van der Waals surface area contributed by atoms with Crippen LogP contribution in [0.25, 0.3) is 0 Å². The molecule has 0 unspecified atom stereocenters. The Hall–Kier alpha value is -2.05. The van der Waals surface area contributed by atoms with Gasteiger partial charge in [0, 0.05) is 19.6 Å². The molecule has 1 aliphatic heterocycles. The highest BCUT2D eigenvalue weighted by Crippen LogP contribution is 2.22. The van der Waals surface area contributed by atoms with Crippen LogP contribution in [0.2, 0.25) is 4.34 Å². The lowest BCUT2D eigenvalue weighted by molar-refractivity contribution is -0.134. The van der Waals surface area contributed by atoms with Gasteiger partial charge in [-0.15, -0.1) is 11.3 Å². The summed E-state index contributed by atoms with van der Waals surface area (Å²) in [6.45, 7) is 2.08. The Labute approximate surface area is 161 Å². The average Bonchev–Trinajstić information content (AvgIpc) is 3.12. The average molecular weight is 393 g/mol. The molecule has 0 saturated carbocycles. The summed E-state index contributed by atoms with van der Waals surface area (Å²) in [6, 6.07) is 12.8. The third kappa shape index (κ3) is 5.22. The van der Waals surface area contributed by atoms with Crippen molar-refractivity contribution in [2.24, 2.45) is 5.92 Å². The standard InChI is InChI=1S/C19H21ClN2O3S/c20-17-7-6-16(26-17)19(24)21-12-14-8-10-22(11-9-14)18(23)13-25-15-4-2-1-3-5-15/h1-7,14H,8-13H2,(H,21,24). The van der Waals surface area contributed by atoms with Gasteiger partial charge >= 0.3 is 0 Å². The smallest absolute Gasteiger partial charge is 0.261 e. The molecule has 1 aromatic carbocycles. The van der Waals surface area contributed by atoms with Crippen molar-refractivity contribution in [2.45, 2.75) is 12.8 Å². The first-order chi connectivity index (χ1) is 12.6. The van der Waals surface area contributed by atoms with Crippen molar-refractivity contribution in [1.29, 1.82) is 0 Å². The number of benzene rings is 1. The number of rotatable bonds is 6. The third-order valence-electron chi connectivity index (χ3n) is 4.42. The highest BCUT2D eigenvalue weighted by molar-refractivity contribution is 7.17. The largest absolute Gasteiger partial charge is 0.484 e. The quantitative estimate of drug-likeness (QED) is 0.819. The van der Waals surface area contributed by atoms with Crippen LogP contribution in [0.3, 0.4) is 0 Å². The highest BCUT2D eigenvalue weighted by atomic mass is 35.5. The fourth-order valence-corrected chi connectivity index (χ4v) is 3.86. The van der Waals surface area contributed by atoms with E-state index in [-0.39, 0.29) is 18.4 Å². The highest BCUT2D eigenvalue weighted by Gasteiger charge is 2.23. The molecule has 2 aromatic rings. The van der Waals surface area contributed by atoms with E-state index in [1.807, 2.05) is 35.2 Å².